The van der Waals surface area contributed by atoms with Crippen molar-refractivity contribution in [3.05, 3.63) is 0 Å². The Morgan fingerprint density at radius 3 is 3.10 bits per heavy atom. The maximum absolute atomic E-state index is 10.9. The maximum Gasteiger partial charge on any atom is 0.241 e. The summed E-state index contributed by atoms with van der Waals surface area (Å²) < 4.78 is 4.89. The van der Waals surface area contributed by atoms with Crippen LogP contribution in [0.1, 0.15) is 0 Å². The van der Waals surface area contributed by atoms with Gasteiger partial charge in [0.1, 0.15) is 0 Å². The highest BCUT2D eigenvalue weighted by Gasteiger charge is 2.25. The number of carbonyl (C=O) groups excluding carboxylic acids is 1. The molecule has 1 amide bonds. The van der Waals surface area contributed by atoms with Crippen LogP contribution in [0.5, 0.6) is 0 Å². The fourth-order valence-electron chi connectivity index (χ4n) is 0.791. The molecule has 0 saturated carbocycles. The first-order chi connectivity index (χ1) is 4.75. The summed E-state index contributed by atoms with van der Waals surface area (Å²) in [5.41, 5.74) is 0. The molecule has 54 valence electrons. The minimum atomic E-state index is -0.751. The number of carbonyl (C=O) groups is 1. The second kappa shape index (κ2) is 3.03. The number of aliphatic hydroxyl groups is 1. The lowest BCUT2D eigenvalue weighted by Gasteiger charge is -2.28. The monoisotopic (exact) mass is 141 g/mol. The first-order valence-corrected chi connectivity index (χ1v) is 3.04. The molecule has 1 N–H and O–H groups in total. The number of aliphatic hydroxyl groups excluding tert-OH is 1. The van der Waals surface area contributed by atoms with Gasteiger partial charge in [0.15, 0.2) is 6.10 Å². The average Bonchev–Trinajstić information content (AvgIpc) is 1.95. The van der Waals surface area contributed by atoms with Gasteiger partial charge in [-0.05, 0) is 0 Å². The van der Waals surface area contributed by atoms with Crippen molar-refractivity contribution < 1.29 is 14.6 Å². The van der Waals surface area contributed by atoms with Crippen LogP contribution >= 0.6 is 0 Å². The molecule has 1 rings (SSSR count). The van der Waals surface area contributed by atoms with E-state index in [0.29, 0.717) is 13.2 Å². The number of nitrogens with zero attached hydrogens (tertiary/aromatic N) is 1. The summed E-state index contributed by atoms with van der Waals surface area (Å²) in [6, 6.07) is 0. The van der Waals surface area contributed by atoms with Crippen LogP contribution in [0, 0.1) is 0 Å². The van der Waals surface area contributed by atoms with Gasteiger partial charge in [-0.25, -0.2) is 0 Å². The van der Waals surface area contributed by atoms with Crippen LogP contribution in [0.4, 0.5) is 0 Å². The summed E-state index contributed by atoms with van der Waals surface area (Å²) in [7, 11) is 5.24. The van der Waals surface area contributed by atoms with Crippen molar-refractivity contribution in [2.45, 2.75) is 6.10 Å². The second-order valence-electron chi connectivity index (χ2n) is 2.07. The number of hydrogen-bond donors (Lipinski definition) is 1. The van der Waals surface area contributed by atoms with Crippen molar-refractivity contribution in [1.29, 1.82) is 0 Å². The minimum Gasteiger partial charge on any atom is -0.393 e. The fraction of sp³-hybridized carbons (Fsp3) is 0.800. The quantitative estimate of drug-likeness (QED) is 0.442. The maximum atomic E-state index is 10.9. The minimum absolute atomic E-state index is 0.299. The Bertz CT molecular complexity index is 141. The summed E-state index contributed by atoms with van der Waals surface area (Å²) in [5.74, 6) is -0.353. The molecule has 1 heterocycles. The number of ether oxygens (including phenoxy) is 1. The Morgan fingerprint density at radius 2 is 2.60 bits per heavy atom. The predicted octanol–water partition coefficient (Wildman–Crippen LogP) is -1.71. The van der Waals surface area contributed by atoms with Crippen LogP contribution in [0.25, 0.3) is 0 Å². The third-order valence-corrected chi connectivity index (χ3v) is 1.38. The van der Waals surface area contributed by atoms with E-state index >= 15 is 0 Å². The molecule has 1 fully saturated rings. The molecule has 4 nitrogen and oxygen atoms in total. The van der Waals surface area contributed by atoms with Crippen molar-refractivity contribution in [2.75, 3.05) is 19.8 Å². The highest BCUT2D eigenvalue weighted by molar-refractivity contribution is 6.15. The van der Waals surface area contributed by atoms with Crippen molar-refractivity contribution in [3.8, 4) is 0 Å². The molecule has 1 aliphatic rings. The molecule has 0 aliphatic carbocycles. The van der Waals surface area contributed by atoms with Crippen LogP contribution in [0.3, 0.4) is 0 Å². The van der Waals surface area contributed by atoms with Gasteiger partial charge in [-0.1, -0.05) is 0 Å². The van der Waals surface area contributed by atoms with Gasteiger partial charge in [-0.3, -0.25) is 4.79 Å². The van der Waals surface area contributed by atoms with E-state index in [1.807, 2.05) is 0 Å². The first-order valence-electron chi connectivity index (χ1n) is 3.04. The van der Waals surface area contributed by atoms with Crippen LogP contribution in [-0.4, -0.2) is 49.7 Å². The molecule has 0 bridgehead atoms. The van der Waals surface area contributed by atoms with E-state index in [-0.39, 0.29) is 12.5 Å². The summed E-state index contributed by atoms with van der Waals surface area (Å²) >= 11 is 0. The average molecular weight is 141 g/mol. The Morgan fingerprint density at radius 1 is 1.90 bits per heavy atom. The molecule has 2 radical (unpaired) electrons. The van der Waals surface area contributed by atoms with Crippen LogP contribution in [0.2, 0.25) is 0 Å². The van der Waals surface area contributed by atoms with E-state index in [9.17, 15) is 4.79 Å². The predicted molar refractivity (Wildman–Crippen MR) is 34.3 cm³/mol. The number of rotatable bonds is 1. The normalized spacial score (nSPS) is 27.1. The zero-order valence-corrected chi connectivity index (χ0v) is 5.49. The Labute approximate surface area is 60.2 Å². The fourth-order valence-corrected chi connectivity index (χ4v) is 0.791. The van der Waals surface area contributed by atoms with Gasteiger partial charge >= 0.3 is 0 Å². The van der Waals surface area contributed by atoms with E-state index in [2.05, 4.69) is 0 Å². The molecule has 10 heavy (non-hydrogen) atoms. The zero-order valence-electron chi connectivity index (χ0n) is 5.49. The van der Waals surface area contributed by atoms with Crippen LogP contribution in [-0.2, 0) is 9.53 Å². The molecule has 0 aromatic rings. The third-order valence-electron chi connectivity index (χ3n) is 1.38. The molecule has 0 aromatic heterocycles. The van der Waals surface area contributed by atoms with Gasteiger partial charge < -0.3 is 14.7 Å². The molecule has 1 unspecified atom stereocenters. The second-order valence-corrected chi connectivity index (χ2v) is 2.07. The topological polar surface area (TPSA) is 49.8 Å². The van der Waals surface area contributed by atoms with E-state index in [4.69, 9.17) is 17.8 Å². The molecular weight excluding hydrogens is 133 g/mol. The summed E-state index contributed by atoms with van der Waals surface area (Å²) in [5, 5.41) is 8.55. The SMILES string of the molecule is [B]N1CCOC(CO)C1=O. The standard InChI is InChI=1S/C5H8BNO3/c6-7-1-2-10-4(3-8)5(7)9/h4,8H,1-3H2. The third kappa shape index (κ3) is 1.30. The van der Waals surface area contributed by atoms with Gasteiger partial charge in [0.25, 0.3) is 0 Å². The molecule has 1 aliphatic heterocycles. The van der Waals surface area contributed by atoms with Crippen molar-refractivity contribution in [2.24, 2.45) is 0 Å². The highest BCUT2D eigenvalue weighted by atomic mass is 16.5. The van der Waals surface area contributed by atoms with Gasteiger partial charge in [0.2, 0.25) is 13.9 Å². The molecular formula is C5H8BNO3. The molecule has 5 heteroatoms. The molecule has 0 spiro atoms. The van der Waals surface area contributed by atoms with E-state index in [1.165, 1.54) is 0 Å². The van der Waals surface area contributed by atoms with Crippen molar-refractivity contribution in [1.82, 2.24) is 4.81 Å². The lowest BCUT2D eigenvalue weighted by molar-refractivity contribution is -0.149. The summed E-state index contributed by atoms with van der Waals surface area (Å²) in [6.45, 7) is 0.495. The summed E-state index contributed by atoms with van der Waals surface area (Å²) in [6.07, 6.45) is -0.751. The van der Waals surface area contributed by atoms with Gasteiger partial charge in [0.05, 0.1) is 13.2 Å². The molecule has 1 saturated heterocycles. The first kappa shape index (κ1) is 7.56. The van der Waals surface area contributed by atoms with E-state index in [0.717, 1.165) is 4.81 Å². The highest BCUT2D eigenvalue weighted by Crippen LogP contribution is 2.02. The van der Waals surface area contributed by atoms with E-state index < -0.39 is 6.10 Å². The largest absolute Gasteiger partial charge is 0.393 e. The zero-order chi connectivity index (χ0) is 7.56. The van der Waals surface area contributed by atoms with Crippen molar-refractivity contribution in [3.63, 3.8) is 0 Å². The number of morpholine rings is 1. The van der Waals surface area contributed by atoms with Gasteiger partial charge in [-0.2, -0.15) is 0 Å². The lowest BCUT2D eigenvalue weighted by Crippen LogP contribution is -2.47. The Kier molecular flexibility index (Phi) is 2.29. The van der Waals surface area contributed by atoms with Gasteiger partial charge in [0, 0.05) is 6.54 Å². The van der Waals surface area contributed by atoms with Gasteiger partial charge in [-0.15, -0.1) is 0 Å². The Hall–Kier alpha value is -0.545. The van der Waals surface area contributed by atoms with Crippen LogP contribution < -0.4 is 0 Å². The van der Waals surface area contributed by atoms with Crippen molar-refractivity contribution >= 4 is 13.9 Å². The smallest absolute Gasteiger partial charge is 0.241 e. The Balaban J connectivity index is 2.51. The summed E-state index contributed by atoms with van der Waals surface area (Å²) in [4.78, 5) is 11.9. The lowest BCUT2D eigenvalue weighted by atomic mass is 10.2. The number of amides is 1. The molecule has 1 atom stereocenters. The molecule has 0 aromatic carbocycles. The van der Waals surface area contributed by atoms with Crippen LogP contribution in [0.15, 0.2) is 0 Å². The number of hydrogen-bond acceptors (Lipinski definition) is 3. The van der Waals surface area contributed by atoms with E-state index in [1.54, 1.807) is 0 Å².